The van der Waals surface area contributed by atoms with Crippen molar-refractivity contribution in [2.45, 2.75) is 23.1 Å². The van der Waals surface area contributed by atoms with Gasteiger partial charge in [-0.05, 0) is 36.1 Å². The molecule has 0 amide bonds. The molecule has 0 bridgehead atoms. The third kappa shape index (κ3) is 2.20. The van der Waals surface area contributed by atoms with Crippen LogP contribution in [-0.4, -0.2) is 31.9 Å². The predicted octanol–water partition coefficient (Wildman–Crippen LogP) is 1.53. The van der Waals surface area contributed by atoms with E-state index in [1.54, 1.807) is 21.8 Å². The predicted molar refractivity (Wildman–Crippen MR) is 74.5 cm³/mol. The fourth-order valence-corrected chi connectivity index (χ4v) is 5.68. The number of halogens is 1. The quantitative estimate of drug-likeness (QED) is 0.901. The first-order valence-electron chi connectivity index (χ1n) is 5.88. The lowest BCUT2D eigenvalue weighted by molar-refractivity contribution is 0.428. The molecule has 0 spiro atoms. The summed E-state index contributed by atoms with van der Waals surface area (Å²) in [7, 11) is -3.26. The van der Waals surface area contributed by atoms with E-state index in [4.69, 9.17) is 5.73 Å². The highest BCUT2D eigenvalue weighted by molar-refractivity contribution is 7.91. The van der Waals surface area contributed by atoms with Gasteiger partial charge >= 0.3 is 0 Å². The van der Waals surface area contributed by atoms with Crippen molar-refractivity contribution in [2.24, 2.45) is 17.6 Å². The minimum atomic E-state index is -3.26. The van der Waals surface area contributed by atoms with Gasteiger partial charge in [-0.3, -0.25) is 0 Å². The van der Waals surface area contributed by atoms with Gasteiger partial charge < -0.3 is 5.73 Å². The summed E-state index contributed by atoms with van der Waals surface area (Å²) < 4.78 is 26.7. The molecule has 1 saturated carbocycles. The van der Waals surface area contributed by atoms with Crippen molar-refractivity contribution in [3.63, 3.8) is 0 Å². The van der Waals surface area contributed by atoms with Gasteiger partial charge in [0.1, 0.15) is 4.21 Å². The summed E-state index contributed by atoms with van der Waals surface area (Å²) >= 11 is 1.28. The van der Waals surface area contributed by atoms with E-state index in [9.17, 15) is 8.42 Å². The maximum absolute atomic E-state index is 12.3. The zero-order valence-electron chi connectivity index (χ0n) is 9.86. The van der Waals surface area contributed by atoms with Gasteiger partial charge in [-0.2, -0.15) is 4.31 Å². The summed E-state index contributed by atoms with van der Waals surface area (Å²) in [5, 5.41) is 1.80. The van der Waals surface area contributed by atoms with E-state index in [0.717, 1.165) is 12.8 Å². The molecule has 0 aromatic carbocycles. The minimum absolute atomic E-state index is 0. The minimum Gasteiger partial charge on any atom is -0.327 e. The van der Waals surface area contributed by atoms with Crippen LogP contribution in [0, 0.1) is 11.8 Å². The van der Waals surface area contributed by atoms with Crippen LogP contribution in [0.5, 0.6) is 0 Å². The summed E-state index contributed by atoms with van der Waals surface area (Å²) in [6, 6.07) is 3.64. The normalized spacial score (nSPS) is 32.2. The Morgan fingerprint density at radius 2 is 2.11 bits per heavy atom. The largest absolute Gasteiger partial charge is 0.327 e. The van der Waals surface area contributed by atoms with E-state index in [0.29, 0.717) is 29.1 Å². The topological polar surface area (TPSA) is 63.4 Å². The lowest BCUT2D eigenvalue weighted by atomic mass is 9.98. The number of fused-ring (bicyclic) bond motifs is 1. The summed E-state index contributed by atoms with van der Waals surface area (Å²) in [4.78, 5) is 0. The number of thiophene rings is 1. The molecule has 2 N–H and O–H groups in total. The molecule has 7 heteroatoms. The molecule has 4 nitrogen and oxygen atoms in total. The van der Waals surface area contributed by atoms with E-state index in [1.165, 1.54) is 11.3 Å². The van der Waals surface area contributed by atoms with Crippen LogP contribution in [0.15, 0.2) is 21.7 Å². The fraction of sp³-hybridized carbons (Fsp3) is 0.636. The van der Waals surface area contributed by atoms with Gasteiger partial charge in [0.25, 0.3) is 10.0 Å². The average Bonchev–Trinajstić information content (AvgIpc) is 2.96. The van der Waals surface area contributed by atoms with E-state index in [-0.39, 0.29) is 18.4 Å². The molecule has 1 saturated heterocycles. The number of rotatable bonds is 2. The third-order valence-electron chi connectivity index (χ3n) is 3.97. The van der Waals surface area contributed by atoms with Crippen LogP contribution in [0.1, 0.15) is 12.8 Å². The van der Waals surface area contributed by atoms with Gasteiger partial charge in [-0.1, -0.05) is 6.07 Å². The van der Waals surface area contributed by atoms with Gasteiger partial charge in [0.2, 0.25) is 0 Å². The van der Waals surface area contributed by atoms with E-state index in [2.05, 4.69) is 0 Å². The number of nitrogens with zero attached hydrogens (tertiary/aromatic N) is 1. The molecule has 2 aliphatic rings. The van der Waals surface area contributed by atoms with Gasteiger partial charge in [0, 0.05) is 19.1 Å². The number of hydrogen-bond donors (Lipinski definition) is 1. The Morgan fingerprint density at radius 1 is 1.33 bits per heavy atom. The Morgan fingerprint density at radius 3 is 2.72 bits per heavy atom. The molecule has 1 aromatic heterocycles. The van der Waals surface area contributed by atoms with Crippen LogP contribution in [0.4, 0.5) is 0 Å². The van der Waals surface area contributed by atoms with Crippen molar-refractivity contribution in [3.05, 3.63) is 17.5 Å². The first-order chi connectivity index (χ1) is 8.09. The van der Waals surface area contributed by atoms with Crippen LogP contribution >= 0.6 is 23.7 Å². The summed E-state index contributed by atoms with van der Waals surface area (Å²) in [5.74, 6) is 0.837. The molecule has 2 fully saturated rings. The number of hydrogen-bond acceptors (Lipinski definition) is 4. The van der Waals surface area contributed by atoms with Gasteiger partial charge in [0.15, 0.2) is 0 Å². The van der Waals surface area contributed by atoms with Crippen molar-refractivity contribution in [2.75, 3.05) is 13.1 Å². The monoisotopic (exact) mass is 308 g/mol. The molecular formula is C11H17ClN2O2S2. The molecule has 3 atom stereocenters. The Hall–Kier alpha value is -0.140. The van der Waals surface area contributed by atoms with Crippen molar-refractivity contribution in [1.29, 1.82) is 0 Å². The number of sulfonamides is 1. The van der Waals surface area contributed by atoms with Crippen LogP contribution in [0.25, 0.3) is 0 Å². The summed E-state index contributed by atoms with van der Waals surface area (Å²) in [5.41, 5.74) is 6.03. The lowest BCUT2D eigenvalue weighted by Crippen LogP contribution is -2.33. The molecule has 3 rings (SSSR count). The Balaban J connectivity index is 0.00000120. The molecule has 102 valence electrons. The maximum atomic E-state index is 12.3. The zero-order chi connectivity index (χ0) is 12.0. The van der Waals surface area contributed by atoms with Crippen LogP contribution in [0.3, 0.4) is 0 Å². The molecular weight excluding hydrogens is 292 g/mol. The molecule has 0 radical (unpaired) electrons. The standard InChI is InChI=1S/C11H16N2O2S2.ClH/c12-10-4-3-8-6-13(7-9(8)10)17(14,15)11-2-1-5-16-11;/h1-2,5,8-10H,3-4,6-7,12H2;1H. The summed E-state index contributed by atoms with van der Waals surface area (Å²) in [6.45, 7) is 1.25. The number of nitrogens with two attached hydrogens (primary N) is 1. The Kier molecular flexibility index (Phi) is 4.04. The summed E-state index contributed by atoms with van der Waals surface area (Å²) in [6.07, 6.45) is 2.12. The highest BCUT2D eigenvalue weighted by Gasteiger charge is 2.45. The van der Waals surface area contributed by atoms with Crippen LogP contribution in [-0.2, 0) is 10.0 Å². The van der Waals surface area contributed by atoms with E-state index < -0.39 is 10.0 Å². The second kappa shape index (κ2) is 5.09. The molecule has 1 aromatic rings. The SMILES string of the molecule is Cl.NC1CCC2CN(S(=O)(=O)c3cccs3)CC12. The fourth-order valence-electron chi connectivity index (χ4n) is 3.00. The van der Waals surface area contributed by atoms with Crippen LogP contribution < -0.4 is 5.73 Å². The maximum Gasteiger partial charge on any atom is 0.252 e. The van der Waals surface area contributed by atoms with Crippen molar-refractivity contribution < 1.29 is 8.42 Å². The van der Waals surface area contributed by atoms with Crippen molar-refractivity contribution in [1.82, 2.24) is 4.31 Å². The highest BCUT2D eigenvalue weighted by atomic mass is 35.5. The van der Waals surface area contributed by atoms with Gasteiger partial charge in [-0.25, -0.2) is 8.42 Å². The third-order valence-corrected chi connectivity index (χ3v) is 7.17. The zero-order valence-corrected chi connectivity index (χ0v) is 12.3. The first-order valence-corrected chi connectivity index (χ1v) is 8.20. The lowest BCUT2D eigenvalue weighted by Gasteiger charge is -2.17. The van der Waals surface area contributed by atoms with Crippen LogP contribution in [0.2, 0.25) is 0 Å². The Labute approximate surface area is 118 Å². The van der Waals surface area contributed by atoms with Crippen molar-refractivity contribution in [3.8, 4) is 0 Å². The Bertz CT molecular complexity index is 503. The second-order valence-electron chi connectivity index (χ2n) is 4.92. The smallest absolute Gasteiger partial charge is 0.252 e. The van der Waals surface area contributed by atoms with Gasteiger partial charge in [-0.15, -0.1) is 23.7 Å². The first kappa shape index (κ1) is 14.3. The second-order valence-corrected chi connectivity index (χ2v) is 8.03. The highest BCUT2D eigenvalue weighted by Crippen LogP contribution is 2.39. The van der Waals surface area contributed by atoms with E-state index in [1.807, 2.05) is 0 Å². The molecule has 3 unspecified atom stereocenters. The molecule has 1 aliphatic heterocycles. The molecule has 1 aliphatic carbocycles. The molecule has 2 heterocycles. The molecule has 18 heavy (non-hydrogen) atoms. The van der Waals surface area contributed by atoms with Gasteiger partial charge in [0.05, 0.1) is 0 Å². The van der Waals surface area contributed by atoms with Crippen molar-refractivity contribution >= 4 is 33.8 Å². The average molecular weight is 309 g/mol. The van der Waals surface area contributed by atoms with E-state index >= 15 is 0 Å².